The summed E-state index contributed by atoms with van der Waals surface area (Å²) in [6.07, 6.45) is 0. The van der Waals surface area contributed by atoms with Gasteiger partial charge in [-0.05, 0) is 35.4 Å². The van der Waals surface area contributed by atoms with Crippen LogP contribution in [0.1, 0.15) is 11.1 Å². The van der Waals surface area contributed by atoms with Crippen molar-refractivity contribution >= 4 is 15.9 Å². The number of rotatable bonds is 4. The van der Waals surface area contributed by atoms with Crippen molar-refractivity contribution < 1.29 is 14.2 Å². The summed E-state index contributed by atoms with van der Waals surface area (Å²) in [5.41, 5.74) is 2.24. The maximum atomic E-state index is 5.69. The highest BCUT2D eigenvalue weighted by Crippen LogP contribution is 2.32. The van der Waals surface area contributed by atoms with Gasteiger partial charge in [-0.3, -0.25) is 0 Å². The number of hydrogen-bond acceptors (Lipinski definition) is 3. The molecule has 0 radical (unpaired) electrons. The predicted molar refractivity (Wildman–Crippen MR) is 75.2 cm³/mol. The normalized spacial score (nSPS) is 12.7. The van der Waals surface area contributed by atoms with Crippen LogP contribution < -0.4 is 9.47 Å². The second-order valence-corrected chi connectivity index (χ2v) is 5.22. The topological polar surface area (TPSA) is 27.7 Å². The first kappa shape index (κ1) is 12.5. The van der Waals surface area contributed by atoms with Crippen molar-refractivity contribution in [3.05, 3.63) is 58.1 Å². The van der Waals surface area contributed by atoms with Gasteiger partial charge in [0.05, 0.1) is 13.2 Å². The summed E-state index contributed by atoms with van der Waals surface area (Å²) in [6, 6.07) is 14.0. The van der Waals surface area contributed by atoms with Gasteiger partial charge in [-0.2, -0.15) is 0 Å². The highest BCUT2D eigenvalue weighted by Gasteiger charge is 2.12. The Labute approximate surface area is 120 Å². The van der Waals surface area contributed by atoms with Crippen LogP contribution in [0.2, 0.25) is 0 Å². The lowest BCUT2D eigenvalue weighted by molar-refractivity contribution is 0.107. The van der Waals surface area contributed by atoms with Crippen LogP contribution in [0.4, 0.5) is 0 Å². The Morgan fingerprint density at radius 3 is 2.42 bits per heavy atom. The molecule has 3 nitrogen and oxygen atoms in total. The Kier molecular flexibility index (Phi) is 3.71. The minimum atomic E-state index is 0.304. The monoisotopic (exact) mass is 320 g/mol. The molecule has 19 heavy (non-hydrogen) atoms. The molecule has 0 unspecified atom stereocenters. The molecule has 0 aliphatic carbocycles. The van der Waals surface area contributed by atoms with Crippen LogP contribution in [-0.4, -0.2) is 6.79 Å². The third kappa shape index (κ3) is 3.08. The second-order valence-electron chi connectivity index (χ2n) is 4.31. The average molecular weight is 321 g/mol. The maximum Gasteiger partial charge on any atom is 0.231 e. The molecule has 2 aromatic rings. The first-order valence-corrected chi connectivity index (χ1v) is 6.81. The molecule has 0 aromatic heterocycles. The van der Waals surface area contributed by atoms with E-state index in [1.807, 2.05) is 42.5 Å². The molecule has 0 saturated carbocycles. The van der Waals surface area contributed by atoms with Crippen molar-refractivity contribution in [1.82, 2.24) is 0 Å². The first-order valence-electron chi connectivity index (χ1n) is 6.02. The van der Waals surface area contributed by atoms with E-state index in [2.05, 4.69) is 15.9 Å². The van der Waals surface area contributed by atoms with Crippen LogP contribution in [-0.2, 0) is 18.0 Å². The SMILES string of the molecule is Brc1ccc(COCc2ccc3c(c2)OCO3)cc1. The van der Waals surface area contributed by atoms with Gasteiger partial charge in [-0.1, -0.05) is 34.1 Å². The van der Waals surface area contributed by atoms with Crippen molar-refractivity contribution in [2.45, 2.75) is 13.2 Å². The van der Waals surface area contributed by atoms with Crippen LogP contribution in [0, 0.1) is 0 Å². The lowest BCUT2D eigenvalue weighted by Gasteiger charge is -2.06. The van der Waals surface area contributed by atoms with Crippen molar-refractivity contribution in [3.63, 3.8) is 0 Å². The number of halogens is 1. The summed E-state index contributed by atoms with van der Waals surface area (Å²) in [5.74, 6) is 1.60. The molecule has 0 fully saturated rings. The Balaban J connectivity index is 1.56. The van der Waals surface area contributed by atoms with E-state index in [0.717, 1.165) is 27.1 Å². The van der Waals surface area contributed by atoms with Gasteiger partial charge in [0.2, 0.25) is 6.79 Å². The van der Waals surface area contributed by atoms with E-state index in [1.165, 1.54) is 0 Å². The summed E-state index contributed by atoms with van der Waals surface area (Å²) >= 11 is 3.41. The predicted octanol–water partition coefficient (Wildman–Crippen LogP) is 3.89. The van der Waals surface area contributed by atoms with Crippen LogP contribution in [0.5, 0.6) is 11.5 Å². The van der Waals surface area contributed by atoms with Crippen molar-refractivity contribution in [3.8, 4) is 11.5 Å². The molecule has 98 valence electrons. The minimum absolute atomic E-state index is 0.304. The van der Waals surface area contributed by atoms with Crippen molar-refractivity contribution in [1.29, 1.82) is 0 Å². The Morgan fingerprint density at radius 1 is 0.895 bits per heavy atom. The van der Waals surface area contributed by atoms with E-state index < -0.39 is 0 Å². The molecule has 1 heterocycles. The average Bonchev–Trinajstić information content (AvgIpc) is 2.88. The van der Waals surface area contributed by atoms with E-state index in [0.29, 0.717) is 20.0 Å². The largest absolute Gasteiger partial charge is 0.454 e. The van der Waals surface area contributed by atoms with Gasteiger partial charge in [-0.25, -0.2) is 0 Å². The van der Waals surface area contributed by atoms with Crippen LogP contribution in [0.25, 0.3) is 0 Å². The summed E-state index contributed by atoms with van der Waals surface area (Å²) in [7, 11) is 0. The summed E-state index contributed by atoms with van der Waals surface area (Å²) in [6.45, 7) is 1.47. The molecule has 0 amide bonds. The zero-order valence-electron chi connectivity index (χ0n) is 10.3. The Hall–Kier alpha value is -1.52. The van der Waals surface area contributed by atoms with E-state index in [-0.39, 0.29) is 0 Å². The molecule has 3 rings (SSSR count). The fraction of sp³-hybridized carbons (Fsp3) is 0.200. The number of hydrogen-bond donors (Lipinski definition) is 0. The minimum Gasteiger partial charge on any atom is -0.454 e. The third-order valence-corrected chi connectivity index (χ3v) is 3.42. The van der Waals surface area contributed by atoms with Gasteiger partial charge in [0.15, 0.2) is 11.5 Å². The lowest BCUT2D eigenvalue weighted by atomic mass is 10.2. The Bertz CT molecular complexity index is 566. The van der Waals surface area contributed by atoms with E-state index in [9.17, 15) is 0 Å². The highest BCUT2D eigenvalue weighted by atomic mass is 79.9. The highest BCUT2D eigenvalue weighted by molar-refractivity contribution is 9.10. The molecule has 1 aliphatic heterocycles. The van der Waals surface area contributed by atoms with Gasteiger partial charge >= 0.3 is 0 Å². The van der Waals surface area contributed by atoms with Crippen LogP contribution in [0.15, 0.2) is 46.9 Å². The molecule has 0 saturated heterocycles. The molecule has 4 heteroatoms. The van der Waals surface area contributed by atoms with Crippen molar-refractivity contribution in [2.24, 2.45) is 0 Å². The van der Waals surface area contributed by atoms with Gasteiger partial charge in [0, 0.05) is 4.47 Å². The quantitative estimate of drug-likeness (QED) is 0.855. The molecule has 0 N–H and O–H groups in total. The first-order chi connectivity index (χ1) is 9.31. The molecule has 0 spiro atoms. The van der Waals surface area contributed by atoms with Crippen molar-refractivity contribution in [2.75, 3.05) is 6.79 Å². The zero-order valence-corrected chi connectivity index (χ0v) is 11.9. The summed E-state index contributed by atoms with van der Waals surface area (Å²) in [4.78, 5) is 0. The molecule has 0 bridgehead atoms. The molecule has 0 atom stereocenters. The fourth-order valence-electron chi connectivity index (χ4n) is 1.90. The number of fused-ring (bicyclic) bond motifs is 1. The lowest BCUT2D eigenvalue weighted by Crippen LogP contribution is -1.94. The molecule has 2 aromatic carbocycles. The standard InChI is InChI=1S/C15H13BrO3/c16-13-4-1-11(2-5-13)8-17-9-12-3-6-14-15(7-12)19-10-18-14/h1-7H,8-10H2. The van der Waals surface area contributed by atoms with Gasteiger partial charge in [-0.15, -0.1) is 0 Å². The van der Waals surface area contributed by atoms with E-state index in [4.69, 9.17) is 14.2 Å². The summed E-state index contributed by atoms with van der Waals surface area (Å²) < 4.78 is 17.4. The number of benzene rings is 2. The zero-order chi connectivity index (χ0) is 13.1. The van der Waals surface area contributed by atoms with E-state index in [1.54, 1.807) is 0 Å². The summed E-state index contributed by atoms with van der Waals surface area (Å²) in [5, 5.41) is 0. The molecular formula is C15H13BrO3. The molecule has 1 aliphatic rings. The van der Waals surface area contributed by atoms with Gasteiger partial charge < -0.3 is 14.2 Å². The number of ether oxygens (including phenoxy) is 3. The van der Waals surface area contributed by atoms with Crippen LogP contribution >= 0.6 is 15.9 Å². The smallest absolute Gasteiger partial charge is 0.231 e. The van der Waals surface area contributed by atoms with Gasteiger partial charge in [0.25, 0.3) is 0 Å². The second kappa shape index (κ2) is 5.63. The fourth-order valence-corrected chi connectivity index (χ4v) is 2.16. The van der Waals surface area contributed by atoms with Gasteiger partial charge in [0.1, 0.15) is 0 Å². The molecular weight excluding hydrogens is 308 g/mol. The third-order valence-electron chi connectivity index (χ3n) is 2.89. The Morgan fingerprint density at radius 2 is 1.58 bits per heavy atom. The van der Waals surface area contributed by atoms with Crippen LogP contribution in [0.3, 0.4) is 0 Å². The van der Waals surface area contributed by atoms with E-state index >= 15 is 0 Å². The maximum absolute atomic E-state index is 5.69.